The molecule has 6 nitrogen and oxygen atoms in total. The molecule has 1 heterocycles. The SMILES string of the molecule is CCOC(=O)C1=C(C)N(C)C(=S)N[C@H]1c1cccc(NC(=O)Cc2ccccc2)c1. The van der Waals surface area contributed by atoms with E-state index >= 15 is 0 Å². The van der Waals surface area contributed by atoms with Gasteiger partial charge in [-0.2, -0.15) is 0 Å². The molecule has 0 aliphatic carbocycles. The molecule has 1 atom stereocenters. The van der Waals surface area contributed by atoms with Gasteiger partial charge in [-0.1, -0.05) is 42.5 Å². The Hall–Kier alpha value is -3.19. The van der Waals surface area contributed by atoms with Crippen LogP contribution in [0.1, 0.15) is 31.0 Å². The third-order valence-corrected chi connectivity index (χ3v) is 5.35. The summed E-state index contributed by atoms with van der Waals surface area (Å²) in [7, 11) is 1.81. The molecule has 30 heavy (non-hydrogen) atoms. The third kappa shape index (κ3) is 4.86. The molecule has 2 N–H and O–H groups in total. The van der Waals surface area contributed by atoms with Gasteiger partial charge >= 0.3 is 5.97 Å². The Balaban J connectivity index is 1.85. The number of nitrogens with one attached hydrogen (secondary N) is 2. The Morgan fingerprint density at radius 3 is 2.60 bits per heavy atom. The van der Waals surface area contributed by atoms with Gasteiger partial charge in [0.2, 0.25) is 5.91 Å². The number of hydrogen-bond acceptors (Lipinski definition) is 4. The topological polar surface area (TPSA) is 70.7 Å². The van der Waals surface area contributed by atoms with Crippen LogP contribution in [0, 0.1) is 0 Å². The summed E-state index contributed by atoms with van der Waals surface area (Å²) in [5, 5.41) is 6.65. The van der Waals surface area contributed by atoms with Gasteiger partial charge in [0.05, 0.1) is 24.6 Å². The molecule has 0 bridgehead atoms. The van der Waals surface area contributed by atoms with E-state index in [0.717, 1.165) is 16.8 Å². The lowest BCUT2D eigenvalue weighted by atomic mass is 9.95. The van der Waals surface area contributed by atoms with Crippen LogP contribution in [0.3, 0.4) is 0 Å². The van der Waals surface area contributed by atoms with Crippen molar-refractivity contribution in [3.8, 4) is 0 Å². The van der Waals surface area contributed by atoms with E-state index in [-0.39, 0.29) is 24.9 Å². The molecule has 1 aliphatic heterocycles. The summed E-state index contributed by atoms with van der Waals surface area (Å²) in [5.41, 5.74) is 3.64. The molecule has 1 aliphatic rings. The van der Waals surface area contributed by atoms with Crippen molar-refractivity contribution in [2.45, 2.75) is 26.3 Å². The lowest BCUT2D eigenvalue weighted by Gasteiger charge is -2.35. The van der Waals surface area contributed by atoms with E-state index in [2.05, 4.69) is 10.6 Å². The van der Waals surface area contributed by atoms with Gasteiger partial charge in [-0.3, -0.25) is 4.79 Å². The Morgan fingerprint density at radius 1 is 1.17 bits per heavy atom. The molecule has 0 saturated heterocycles. The molecule has 0 spiro atoms. The van der Waals surface area contributed by atoms with Gasteiger partial charge in [-0.05, 0) is 49.3 Å². The molecule has 0 radical (unpaired) electrons. The molecule has 156 valence electrons. The van der Waals surface area contributed by atoms with E-state index in [1.807, 2.05) is 61.5 Å². The van der Waals surface area contributed by atoms with Crippen LogP contribution in [0.2, 0.25) is 0 Å². The number of allylic oxidation sites excluding steroid dienone is 1. The van der Waals surface area contributed by atoms with Gasteiger partial charge in [0.1, 0.15) is 0 Å². The highest BCUT2D eigenvalue weighted by atomic mass is 32.1. The van der Waals surface area contributed by atoms with Gasteiger partial charge in [0.15, 0.2) is 5.11 Å². The number of amides is 1. The Labute approximate surface area is 181 Å². The zero-order valence-electron chi connectivity index (χ0n) is 17.3. The fourth-order valence-electron chi connectivity index (χ4n) is 3.34. The van der Waals surface area contributed by atoms with Crippen LogP contribution >= 0.6 is 12.2 Å². The first kappa shape index (κ1) is 21.5. The maximum atomic E-state index is 12.7. The summed E-state index contributed by atoms with van der Waals surface area (Å²) in [5.74, 6) is -0.497. The molecular weight excluding hydrogens is 398 g/mol. The van der Waals surface area contributed by atoms with Crippen LogP contribution in [-0.2, 0) is 20.7 Å². The lowest BCUT2D eigenvalue weighted by Crippen LogP contribution is -2.46. The first-order valence-electron chi connectivity index (χ1n) is 9.76. The zero-order chi connectivity index (χ0) is 21.7. The summed E-state index contributed by atoms with van der Waals surface area (Å²) < 4.78 is 5.27. The van der Waals surface area contributed by atoms with E-state index < -0.39 is 6.04 Å². The minimum absolute atomic E-state index is 0.109. The highest BCUT2D eigenvalue weighted by molar-refractivity contribution is 7.80. The second-order valence-electron chi connectivity index (χ2n) is 7.00. The molecule has 0 saturated carbocycles. The van der Waals surface area contributed by atoms with Crippen LogP contribution in [-0.4, -0.2) is 35.5 Å². The summed E-state index contributed by atoms with van der Waals surface area (Å²) >= 11 is 5.42. The number of esters is 1. The predicted molar refractivity (Wildman–Crippen MR) is 121 cm³/mol. The first-order valence-corrected chi connectivity index (χ1v) is 10.2. The van der Waals surface area contributed by atoms with Gasteiger partial charge in [-0.15, -0.1) is 0 Å². The Bertz CT molecular complexity index is 988. The van der Waals surface area contributed by atoms with E-state index in [1.165, 1.54) is 0 Å². The standard InChI is InChI=1S/C23H25N3O3S/c1-4-29-22(28)20-15(2)26(3)23(30)25-21(20)17-11-8-12-18(14-17)24-19(27)13-16-9-6-5-7-10-16/h5-12,14,21H,4,13H2,1-3H3,(H,24,27)(H,25,30)/t21-/m0/s1. The molecule has 2 aromatic carbocycles. The Morgan fingerprint density at radius 2 is 1.90 bits per heavy atom. The number of nitrogens with zero attached hydrogens (tertiary/aromatic N) is 1. The van der Waals surface area contributed by atoms with Gasteiger partial charge in [0.25, 0.3) is 0 Å². The van der Waals surface area contributed by atoms with Gasteiger partial charge in [-0.25, -0.2) is 4.79 Å². The molecular formula is C23H25N3O3S. The largest absolute Gasteiger partial charge is 0.463 e. The molecule has 0 aromatic heterocycles. The van der Waals surface area contributed by atoms with Crippen LogP contribution in [0.15, 0.2) is 65.9 Å². The monoisotopic (exact) mass is 423 g/mol. The van der Waals surface area contributed by atoms with Crippen molar-refractivity contribution in [1.82, 2.24) is 10.2 Å². The number of thiocarbonyl (C=S) groups is 1. The molecule has 0 unspecified atom stereocenters. The van der Waals surface area contributed by atoms with Crippen molar-refractivity contribution in [3.63, 3.8) is 0 Å². The summed E-state index contributed by atoms with van der Waals surface area (Å²) in [4.78, 5) is 26.8. The quantitative estimate of drug-likeness (QED) is 0.547. The van der Waals surface area contributed by atoms with Crippen LogP contribution in [0.4, 0.5) is 5.69 Å². The number of benzene rings is 2. The third-order valence-electron chi connectivity index (χ3n) is 4.96. The van der Waals surface area contributed by atoms with Gasteiger partial charge < -0.3 is 20.3 Å². The van der Waals surface area contributed by atoms with Crippen molar-refractivity contribution in [3.05, 3.63) is 77.0 Å². The van der Waals surface area contributed by atoms with Crippen LogP contribution in [0.25, 0.3) is 0 Å². The second kappa shape index (κ2) is 9.54. The summed E-state index contributed by atoms with van der Waals surface area (Å²) in [6.07, 6.45) is 0.286. The average Bonchev–Trinajstić information content (AvgIpc) is 2.72. The highest BCUT2D eigenvalue weighted by Gasteiger charge is 2.33. The first-order chi connectivity index (χ1) is 14.4. The highest BCUT2D eigenvalue weighted by Crippen LogP contribution is 2.31. The van der Waals surface area contributed by atoms with Crippen LogP contribution in [0.5, 0.6) is 0 Å². The normalized spacial score (nSPS) is 16.2. The number of carbonyl (C=O) groups excluding carboxylic acids is 2. The number of hydrogen-bond donors (Lipinski definition) is 2. The molecule has 1 amide bonds. The predicted octanol–water partition coefficient (Wildman–Crippen LogP) is 3.57. The maximum absolute atomic E-state index is 12.7. The van der Waals surface area contributed by atoms with E-state index in [9.17, 15) is 9.59 Å². The summed E-state index contributed by atoms with van der Waals surface area (Å²) in [6.45, 7) is 3.90. The second-order valence-corrected chi connectivity index (χ2v) is 7.38. The number of carbonyl (C=O) groups is 2. The van der Waals surface area contributed by atoms with E-state index in [0.29, 0.717) is 16.4 Å². The number of ether oxygens (including phenoxy) is 1. The molecule has 7 heteroatoms. The van der Waals surface area contributed by atoms with Crippen molar-refractivity contribution >= 4 is 34.9 Å². The smallest absolute Gasteiger partial charge is 0.338 e. The van der Waals surface area contributed by atoms with Crippen molar-refractivity contribution in [2.75, 3.05) is 19.0 Å². The Kier molecular flexibility index (Phi) is 6.84. The molecule has 0 fully saturated rings. The number of rotatable bonds is 6. The minimum Gasteiger partial charge on any atom is -0.463 e. The van der Waals surface area contributed by atoms with Crippen molar-refractivity contribution < 1.29 is 14.3 Å². The fraction of sp³-hybridized carbons (Fsp3) is 0.261. The maximum Gasteiger partial charge on any atom is 0.338 e. The molecule has 2 aromatic rings. The zero-order valence-corrected chi connectivity index (χ0v) is 18.1. The van der Waals surface area contributed by atoms with Crippen LogP contribution < -0.4 is 10.6 Å². The minimum atomic E-state index is -0.460. The lowest BCUT2D eigenvalue weighted by molar-refractivity contribution is -0.139. The van der Waals surface area contributed by atoms with Gasteiger partial charge in [0, 0.05) is 18.4 Å². The van der Waals surface area contributed by atoms with E-state index in [1.54, 1.807) is 18.9 Å². The summed E-state index contributed by atoms with van der Waals surface area (Å²) in [6, 6.07) is 16.5. The number of anilines is 1. The molecule has 3 rings (SSSR count). The van der Waals surface area contributed by atoms with Crippen molar-refractivity contribution in [2.24, 2.45) is 0 Å². The van der Waals surface area contributed by atoms with E-state index in [4.69, 9.17) is 17.0 Å². The van der Waals surface area contributed by atoms with Crippen molar-refractivity contribution in [1.29, 1.82) is 0 Å². The fourth-order valence-corrected chi connectivity index (χ4v) is 3.60. The average molecular weight is 424 g/mol.